The minimum Gasteiger partial charge on any atom is -0.512 e. The van der Waals surface area contributed by atoms with Crippen LogP contribution in [0.15, 0.2) is 73.8 Å². The van der Waals surface area contributed by atoms with E-state index in [-0.39, 0.29) is 0 Å². The first kappa shape index (κ1) is 24.6. The van der Waals surface area contributed by atoms with Crippen molar-refractivity contribution in [3.8, 4) is 23.0 Å². The summed E-state index contributed by atoms with van der Waals surface area (Å²) in [6.07, 6.45) is 10.2. The van der Waals surface area contributed by atoms with E-state index >= 15 is 0 Å². The number of ether oxygens (including phenoxy) is 2. The Kier molecular flexibility index (Phi) is 10.8. The number of methoxy groups -OCH3 is 2. The van der Waals surface area contributed by atoms with E-state index in [1.54, 1.807) is 14.2 Å². The predicted molar refractivity (Wildman–Crippen MR) is 131 cm³/mol. The molecule has 2 rings (SSSR count). The van der Waals surface area contributed by atoms with E-state index < -0.39 is 8.56 Å². The Morgan fingerprint density at radius 3 is 1.29 bits per heavy atom. The number of hydrogen-bond donors (Lipinski definition) is 0. The zero-order chi connectivity index (χ0) is 22.4. The fraction of sp³-hybridized carbons (Fsp3) is 0.385. The summed E-state index contributed by atoms with van der Waals surface area (Å²) in [4.78, 5) is 0. The molecular formula is C26H36O4Si. The van der Waals surface area contributed by atoms with E-state index in [0.29, 0.717) is 0 Å². The van der Waals surface area contributed by atoms with Crippen LogP contribution in [0.4, 0.5) is 0 Å². The molecule has 0 atom stereocenters. The third-order valence-electron chi connectivity index (χ3n) is 5.16. The van der Waals surface area contributed by atoms with Gasteiger partial charge in [-0.3, -0.25) is 0 Å². The molecule has 0 bridgehead atoms. The van der Waals surface area contributed by atoms with Gasteiger partial charge in [0, 0.05) is 12.1 Å². The standard InChI is InChI=1S/C26H36O4Si/c1-5-7-9-11-21-31(22-12-10-8-6-2,29-25-17-13-23(27-3)14-18-25)30-26-19-15-24(28-4)16-20-26/h5-6,13-20H,1-2,7-12,21-22H2,3-4H3. The van der Waals surface area contributed by atoms with Gasteiger partial charge >= 0.3 is 8.56 Å². The van der Waals surface area contributed by atoms with Crippen LogP contribution in [-0.4, -0.2) is 22.8 Å². The van der Waals surface area contributed by atoms with Crippen LogP contribution in [0.1, 0.15) is 38.5 Å². The number of allylic oxidation sites excluding steroid dienone is 2. The van der Waals surface area contributed by atoms with Gasteiger partial charge in [-0.15, -0.1) is 13.2 Å². The van der Waals surface area contributed by atoms with Crippen molar-refractivity contribution in [2.24, 2.45) is 0 Å². The van der Waals surface area contributed by atoms with Crippen molar-refractivity contribution in [3.63, 3.8) is 0 Å². The topological polar surface area (TPSA) is 36.9 Å². The van der Waals surface area contributed by atoms with Crippen LogP contribution in [0, 0.1) is 0 Å². The van der Waals surface area contributed by atoms with Gasteiger partial charge in [0.25, 0.3) is 0 Å². The van der Waals surface area contributed by atoms with E-state index in [1.807, 2.05) is 60.7 Å². The monoisotopic (exact) mass is 440 g/mol. The number of rotatable bonds is 16. The average Bonchev–Trinajstić information content (AvgIpc) is 2.81. The van der Waals surface area contributed by atoms with E-state index in [1.165, 1.54) is 0 Å². The van der Waals surface area contributed by atoms with Gasteiger partial charge < -0.3 is 18.3 Å². The number of benzene rings is 2. The van der Waals surface area contributed by atoms with Crippen LogP contribution in [0.25, 0.3) is 0 Å². The summed E-state index contributed by atoms with van der Waals surface area (Å²) in [7, 11) is 0.753. The van der Waals surface area contributed by atoms with E-state index in [4.69, 9.17) is 18.3 Å². The zero-order valence-electron chi connectivity index (χ0n) is 19.0. The molecule has 2 aromatic carbocycles. The summed E-state index contributed by atoms with van der Waals surface area (Å²) in [6.45, 7) is 7.70. The summed E-state index contributed by atoms with van der Waals surface area (Å²) < 4.78 is 24.0. The molecule has 0 radical (unpaired) electrons. The Balaban J connectivity index is 2.27. The third kappa shape index (κ3) is 8.54. The first-order valence-electron chi connectivity index (χ1n) is 11.0. The lowest BCUT2D eigenvalue weighted by atomic mass is 10.2. The fourth-order valence-corrected chi connectivity index (χ4v) is 6.84. The highest BCUT2D eigenvalue weighted by molar-refractivity contribution is 6.68. The summed E-state index contributed by atoms with van der Waals surface area (Å²) >= 11 is 0. The molecule has 0 aliphatic carbocycles. The summed E-state index contributed by atoms with van der Waals surface area (Å²) in [5.41, 5.74) is 0. The Hall–Kier alpha value is -2.66. The van der Waals surface area contributed by atoms with Gasteiger partial charge in [0.05, 0.1) is 14.2 Å². The first-order valence-corrected chi connectivity index (χ1v) is 13.3. The summed E-state index contributed by atoms with van der Waals surface area (Å²) in [5.74, 6) is 3.28. The first-order chi connectivity index (χ1) is 15.1. The van der Waals surface area contributed by atoms with Crippen molar-refractivity contribution in [1.82, 2.24) is 0 Å². The van der Waals surface area contributed by atoms with Crippen molar-refractivity contribution in [2.45, 2.75) is 50.6 Å². The van der Waals surface area contributed by atoms with Crippen LogP contribution in [0.2, 0.25) is 12.1 Å². The highest BCUT2D eigenvalue weighted by atomic mass is 28.4. The number of hydrogen-bond acceptors (Lipinski definition) is 4. The van der Waals surface area contributed by atoms with Gasteiger partial charge in [-0.25, -0.2) is 0 Å². The molecule has 2 aromatic rings. The molecule has 0 saturated carbocycles. The highest BCUT2D eigenvalue weighted by Crippen LogP contribution is 2.31. The molecule has 0 saturated heterocycles. The average molecular weight is 441 g/mol. The van der Waals surface area contributed by atoms with Gasteiger partial charge in [0.1, 0.15) is 23.0 Å². The van der Waals surface area contributed by atoms with Gasteiger partial charge in [-0.05, 0) is 87.1 Å². The maximum absolute atomic E-state index is 6.70. The quantitative estimate of drug-likeness (QED) is 0.156. The van der Waals surface area contributed by atoms with Crippen LogP contribution in [0.5, 0.6) is 23.0 Å². The molecular weight excluding hydrogens is 404 g/mol. The molecule has 31 heavy (non-hydrogen) atoms. The maximum atomic E-state index is 6.70. The van der Waals surface area contributed by atoms with Crippen molar-refractivity contribution < 1.29 is 18.3 Å². The van der Waals surface area contributed by atoms with Gasteiger partial charge in [-0.1, -0.05) is 12.2 Å². The molecule has 0 unspecified atom stereocenters. The Morgan fingerprint density at radius 1 is 0.613 bits per heavy atom. The molecule has 0 aliphatic heterocycles. The molecule has 4 nitrogen and oxygen atoms in total. The summed E-state index contributed by atoms with van der Waals surface area (Å²) in [5, 5.41) is 0. The predicted octanol–water partition coefficient (Wildman–Crippen LogP) is 7.32. The van der Waals surface area contributed by atoms with Crippen LogP contribution in [-0.2, 0) is 0 Å². The lowest BCUT2D eigenvalue weighted by Gasteiger charge is -2.32. The van der Waals surface area contributed by atoms with Gasteiger partial charge in [0.2, 0.25) is 0 Å². The van der Waals surface area contributed by atoms with E-state index in [9.17, 15) is 0 Å². The van der Waals surface area contributed by atoms with E-state index in [2.05, 4.69) is 13.2 Å². The fourth-order valence-electron chi connectivity index (χ4n) is 3.43. The molecule has 5 heteroatoms. The molecule has 0 amide bonds. The van der Waals surface area contributed by atoms with Crippen LogP contribution in [0.3, 0.4) is 0 Å². The summed E-state index contributed by atoms with van der Waals surface area (Å²) in [6, 6.07) is 17.4. The van der Waals surface area contributed by atoms with Gasteiger partial charge in [-0.2, -0.15) is 0 Å². The largest absolute Gasteiger partial charge is 0.512 e. The third-order valence-corrected chi connectivity index (χ3v) is 8.60. The molecule has 0 heterocycles. The van der Waals surface area contributed by atoms with Crippen molar-refractivity contribution in [2.75, 3.05) is 14.2 Å². The minimum atomic E-state index is -2.58. The molecule has 0 aliphatic rings. The molecule has 168 valence electrons. The lowest BCUT2D eigenvalue weighted by molar-refractivity contribution is 0.368. The zero-order valence-corrected chi connectivity index (χ0v) is 20.0. The van der Waals surface area contributed by atoms with E-state index in [0.717, 1.165) is 73.6 Å². The van der Waals surface area contributed by atoms with Crippen molar-refractivity contribution in [3.05, 3.63) is 73.8 Å². The number of unbranched alkanes of at least 4 members (excludes halogenated alkanes) is 4. The van der Waals surface area contributed by atoms with Crippen molar-refractivity contribution in [1.29, 1.82) is 0 Å². The lowest BCUT2D eigenvalue weighted by Crippen LogP contribution is -2.48. The normalized spacial score (nSPS) is 10.9. The molecule has 0 aromatic heterocycles. The molecule has 0 spiro atoms. The highest BCUT2D eigenvalue weighted by Gasteiger charge is 2.41. The Labute approximate surface area is 188 Å². The second kappa shape index (κ2) is 13.6. The smallest absolute Gasteiger partial charge is 0.460 e. The SMILES string of the molecule is C=CCCCC[Si](CCCCC=C)(Oc1ccc(OC)cc1)Oc1ccc(OC)cc1. The molecule has 0 N–H and O–H groups in total. The molecule has 0 fully saturated rings. The second-order valence-electron chi connectivity index (χ2n) is 7.53. The van der Waals surface area contributed by atoms with Crippen LogP contribution >= 0.6 is 0 Å². The van der Waals surface area contributed by atoms with Gasteiger partial charge in [0.15, 0.2) is 0 Å². The maximum Gasteiger partial charge on any atom is 0.460 e. The van der Waals surface area contributed by atoms with Crippen LogP contribution < -0.4 is 18.3 Å². The Morgan fingerprint density at radius 2 is 0.968 bits per heavy atom. The second-order valence-corrected chi connectivity index (χ2v) is 10.8. The Bertz CT molecular complexity index is 703. The minimum absolute atomic E-state index is 0.813. The van der Waals surface area contributed by atoms with Crippen molar-refractivity contribution >= 4 is 8.56 Å².